The summed E-state index contributed by atoms with van der Waals surface area (Å²) < 4.78 is 10.0. The summed E-state index contributed by atoms with van der Waals surface area (Å²) in [6.45, 7) is 2.05. The summed E-state index contributed by atoms with van der Waals surface area (Å²) in [4.78, 5) is 22.9. The Morgan fingerprint density at radius 3 is 1.53 bits per heavy atom. The van der Waals surface area contributed by atoms with Crippen molar-refractivity contribution >= 4 is 11.9 Å². The van der Waals surface area contributed by atoms with Crippen molar-refractivity contribution in [2.75, 3.05) is 19.8 Å². The highest BCUT2D eigenvalue weighted by atomic mass is 16.5. The third-order valence-electron chi connectivity index (χ3n) is 4.47. The van der Waals surface area contributed by atoms with Crippen LogP contribution in [0.5, 0.6) is 0 Å². The summed E-state index contributed by atoms with van der Waals surface area (Å²) in [7, 11) is 0. The van der Waals surface area contributed by atoms with E-state index in [-0.39, 0.29) is 37.9 Å². The lowest BCUT2D eigenvalue weighted by atomic mass is 10.2. The van der Waals surface area contributed by atoms with Crippen molar-refractivity contribution in [1.82, 2.24) is 0 Å². The molecule has 0 aromatic heterocycles. The lowest BCUT2D eigenvalue weighted by molar-refractivity contribution is 0.0539. The van der Waals surface area contributed by atoms with Gasteiger partial charge in [0.25, 0.3) is 0 Å². The van der Waals surface area contributed by atoms with Crippen LogP contribution in [0.15, 0.2) is 85.0 Å². The lowest BCUT2D eigenvalue weighted by Crippen LogP contribution is -2.10. The number of ether oxygens (including phenoxy) is 2. The van der Waals surface area contributed by atoms with Gasteiger partial charge in [0.1, 0.15) is 13.2 Å². The highest BCUT2D eigenvalue weighted by Crippen LogP contribution is 2.02. The van der Waals surface area contributed by atoms with E-state index in [1.165, 1.54) is 0 Å². The monoisotopic (exact) mass is 470 g/mol. The van der Waals surface area contributed by atoms with Crippen LogP contribution in [0, 0.1) is 0 Å². The molecule has 0 aliphatic heterocycles. The van der Waals surface area contributed by atoms with Crippen molar-refractivity contribution < 1.29 is 34.4 Å². The molecule has 0 amide bonds. The van der Waals surface area contributed by atoms with Crippen LogP contribution in [0.3, 0.4) is 0 Å². The molecule has 2 aromatic carbocycles. The van der Waals surface area contributed by atoms with E-state index in [0.29, 0.717) is 24.0 Å². The number of rotatable bonds is 12. The number of hydrogen-bond donors (Lipinski definition) is 3. The van der Waals surface area contributed by atoms with E-state index < -0.39 is 6.10 Å². The van der Waals surface area contributed by atoms with Gasteiger partial charge in [0, 0.05) is 0 Å². The zero-order valence-corrected chi connectivity index (χ0v) is 19.5. The van der Waals surface area contributed by atoms with Gasteiger partial charge in [0.05, 0.1) is 29.9 Å². The third-order valence-corrected chi connectivity index (χ3v) is 4.47. The topological polar surface area (TPSA) is 113 Å². The summed E-state index contributed by atoms with van der Waals surface area (Å²) in [5.74, 6) is -0.704. The van der Waals surface area contributed by atoms with Gasteiger partial charge in [-0.2, -0.15) is 0 Å². The molecule has 7 heteroatoms. The summed E-state index contributed by atoms with van der Waals surface area (Å²) >= 11 is 0. The minimum absolute atomic E-state index is 0.159. The molecule has 0 spiro atoms. The van der Waals surface area contributed by atoms with Crippen LogP contribution in [-0.4, -0.2) is 59.3 Å². The fourth-order valence-corrected chi connectivity index (χ4v) is 2.45. The Hall–Kier alpha value is -3.26. The lowest BCUT2D eigenvalue weighted by Gasteiger charge is -2.03. The molecular weight excluding hydrogens is 436 g/mol. The first-order valence-electron chi connectivity index (χ1n) is 11.2. The van der Waals surface area contributed by atoms with Crippen molar-refractivity contribution in [3.63, 3.8) is 0 Å². The number of aliphatic hydroxyl groups excluding tert-OH is 3. The van der Waals surface area contributed by atoms with Gasteiger partial charge in [-0.15, -0.1) is 0 Å². The van der Waals surface area contributed by atoms with Crippen LogP contribution >= 0.6 is 0 Å². The first-order chi connectivity index (χ1) is 16.5. The van der Waals surface area contributed by atoms with E-state index >= 15 is 0 Å². The maximum atomic E-state index is 11.5. The van der Waals surface area contributed by atoms with Crippen LogP contribution in [0.2, 0.25) is 0 Å². The van der Waals surface area contributed by atoms with Crippen LogP contribution in [0.1, 0.15) is 46.9 Å². The minimum atomic E-state index is -0.754. The molecule has 0 aliphatic carbocycles. The molecule has 0 saturated carbocycles. The molecule has 0 aliphatic rings. The number of hydrogen-bond acceptors (Lipinski definition) is 7. The Kier molecular flexibility index (Phi) is 15.4. The molecule has 0 fully saturated rings. The van der Waals surface area contributed by atoms with Gasteiger partial charge in [0.2, 0.25) is 0 Å². The van der Waals surface area contributed by atoms with Crippen molar-refractivity contribution in [2.45, 2.75) is 38.4 Å². The molecule has 2 atom stereocenters. The Labute approximate surface area is 201 Å². The molecule has 0 radical (unpaired) electrons. The Balaban J connectivity index is 0.000000340. The molecular formula is C27H34O7. The maximum absolute atomic E-state index is 11.5. The molecule has 2 aromatic rings. The molecule has 0 bridgehead atoms. The van der Waals surface area contributed by atoms with Crippen molar-refractivity contribution in [3.05, 3.63) is 96.1 Å². The number of benzene rings is 2. The molecule has 184 valence electrons. The van der Waals surface area contributed by atoms with Crippen molar-refractivity contribution in [1.29, 1.82) is 0 Å². The second-order valence-electron chi connectivity index (χ2n) is 7.24. The Morgan fingerprint density at radius 2 is 1.15 bits per heavy atom. The minimum Gasteiger partial charge on any atom is -0.458 e. The molecule has 0 unspecified atom stereocenters. The highest BCUT2D eigenvalue weighted by Gasteiger charge is 2.05. The van der Waals surface area contributed by atoms with Crippen LogP contribution in [0.25, 0.3) is 0 Å². The van der Waals surface area contributed by atoms with E-state index in [2.05, 4.69) is 0 Å². The zero-order chi connectivity index (χ0) is 25.0. The fraction of sp³-hybridized carbons (Fsp3) is 0.333. The molecule has 34 heavy (non-hydrogen) atoms. The second kappa shape index (κ2) is 18.2. The third kappa shape index (κ3) is 13.3. The summed E-state index contributed by atoms with van der Waals surface area (Å²) in [5.41, 5.74) is 1.06. The summed E-state index contributed by atoms with van der Waals surface area (Å²) in [5, 5.41) is 26.9. The van der Waals surface area contributed by atoms with Gasteiger partial charge in [0.15, 0.2) is 0 Å². The van der Waals surface area contributed by atoms with Gasteiger partial charge in [-0.1, -0.05) is 67.6 Å². The van der Waals surface area contributed by atoms with Crippen LogP contribution < -0.4 is 0 Å². The molecule has 0 heterocycles. The molecule has 7 nitrogen and oxygen atoms in total. The number of carbonyl (C=O) groups excluding carboxylic acids is 2. The fourth-order valence-electron chi connectivity index (χ4n) is 2.45. The smallest absolute Gasteiger partial charge is 0.338 e. The van der Waals surface area contributed by atoms with E-state index in [0.717, 1.165) is 6.42 Å². The largest absolute Gasteiger partial charge is 0.458 e. The number of aliphatic hydroxyl groups is 3. The average Bonchev–Trinajstić information content (AvgIpc) is 2.89. The predicted octanol–water partition coefficient (Wildman–Crippen LogP) is 3.70. The van der Waals surface area contributed by atoms with Crippen LogP contribution in [-0.2, 0) is 9.47 Å². The standard InChI is InChI=1S/C14H18O3.C13H16O4/c1-2-13(15)10-6-7-11-17-14(16)12-8-4-3-5-9-12;14-10-12(15)8-4-5-9-17-13(16)11-6-2-1-3-7-11/h3-9,13,15H,2,10-11H2,1H3;1-7,12,14-15H,8-10H2/b7-6+;5-4+/t13-;12-/m10/s1. The summed E-state index contributed by atoms with van der Waals surface area (Å²) in [6.07, 6.45) is 7.49. The van der Waals surface area contributed by atoms with Gasteiger partial charge < -0.3 is 24.8 Å². The van der Waals surface area contributed by atoms with Gasteiger partial charge >= 0.3 is 11.9 Å². The van der Waals surface area contributed by atoms with E-state index in [1.54, 1.807) is 66.8 Å². The van der Waals surface area contributed by atoms with Gasteiger partial charge in [-0.3, -0.25) is 0 Å². The highest BCUT2D eigenvalue weighted by molar-refractivity contribution is 5.89. The predicted molar refractivity (Wildman–Crippen MR) is 130 cm³/mol. The number of esters is 2. The second-order valence-corrected chi connectivity index (χ2v) is 7.24. The van der Waals surface area contributed by atoms with Crippen molar-refractivity contribution in [2.24, 2.45) is 0 Å². The average molecular weight is 471 g/mol. The van der Waals surface area contributed by atoms with Crippen LogP contribution in [0.4, 0.5) is 0 Å². The zero-order valence-electron chi connectivity index (χ0n) is 19.5. The molecule has 2 rings (SSSR count). The van der Waals surface area contributed by atoms with E-state index in [9.17, 15) is 14.7 Å². The Bertz CT molecular complexity index is 790. The quantitative estimate of drug-likeness (QED) is 0.320. The first kappa shape index (κ1) is 28.8. The normalized spacial score (nSPS) is 12.6. The molecule has 0 saturated heterocycles. The van der Waals surface area contributed by atoms with E-state index in [4.69, 9.17) is 19.7 Å². The summed E-state index contributed by atoms with van der Waals surface area (Å²) in [6, 6.07) is 17.6. The van der Waals surface area contributed by atoms with E-state index in [1.807, 2.05) is 25.1 Å². The molecule has 3 N–H and O–H groups in total. The van der Waals surface area contributed by atoms with Gasteiger partial charge in [-0.05, 0) is 43.5 Å². The van der Waals surface area contributed by atoms with Crippen molar-refractivity contribution in [3.8, 4) is 0 Å². The van der Waals surface area contributed by atoms with Gasteiger partial charge in [-0.25, -0.2) is 9.59 Å². The maximum Gasteiger partial charge on any atom is 0.338 e. The first-order valence-corrected chi connectivity index (χ1v) is 11.2. The number of carbonyl (C=O) groups is 2. The Morgan fingerprint density at radius 1 is 0.735 bits per heavy atom. The SMILES string of the molecule is CC[C@@H](O)C/C=C/COC(=O)c1ccccc1.O=C(OC/C=C/C[C@H](O)CO)c1ccccc1.